The fourth-order valence-corrected chi connectivity index (χ4v) is 1.86. The molecule has 1 atom stereocenters. The van der Waals surface area contributed by atoms with Gasteiger partial charge in [0.25, 0.3) is 0 Å². The maximum atomic E-state index is 5.87. The van der Waals surface area contributed by atoms with Crippen LogP contribution in [0.2, 0.25) is 0 Å². The van der Waals surface area contributed by atoms with E-state index in [2.05, 4.69) is 5.32 Å². The summed E-state index contributed by atoms with van der Waals surface area (Å²) in [5, 5.41) is 3.26. The minimum absolute atomic E-state index is 0.223. The molecule has 0 amide bonds. The second kappa shape index (κ2) is 5.07. The highest BCUT2D eigenvalue weighted by molar-refractivity contribution is 5.51. The molecule has 0 aliphatic carbocycles. The van der Waals surface area contributed by atoms with E-state index in [1.54, 1.807) is 14.2 Å². The quantitative estimate of drug-likeness (QED) is 0.838. The molecule has 0 bridgehead atoms. The highest BCUT2D eigenvalue weighted by Crippen LogP contribution is 2.37. The summed E-state index contributed by atoms with van der Waals surface area (Å²) in [5.41, 5.74) is 0. The Bertz CT molecular complexity index is 348. The minimum Gasteiger partial charge on any atom is -0.493 e. The third-order valence-electron chi connectivity index (χ3n) is 2.68. The number of ether oxygens (including phenoxy) is 3. The van der Waals surface area contributed by atoms with E-state index in [1.807, 2.05) is 18.2 Å². The average Bonchev–Trinajstić information content (AvgIpc) is 2.81. The van der Waals surface area contributed by atoms with Crippen LogP contribution in [0.15, 0.2) is 18.2 Å². The first-order valence-corrected chi connectivity index (χ1v) is 5.43. The maximum Gasteiger partial charge on any atom is 0.203 e. The lowest BCUT2D eigenvalue weighted by Crippen LogP contribution is -2.19. The van der Waals surface area contributed by atoms with Gasteiger partial charge in [-0.1, -0.05) is 6.07 Å². The molecule has 1 aromatic carbocycles. The van der Waals surface area contributed by atoms with Crippen LogP contribution in [0.3, 0.4) is 0 Å². The van der Waals surface area contributed by atoms with Crippen LogP contribution in [0.25, 0.3) is 0 Å². The van der Waals surface area contributed by atoms with E-state index in [1.165, 1.54) is 0 Å². The minimum atomic E-state index is 0.223. The second-order valence-electron chi connectivity index (χ2n) is 3.72. The third kappa shape index (κ3) is 2.22. The summed E-state index contributed by atoms with van der Waals surface area (Å²) in [6.07, 6.45) is 1.25. The number of nitrogens with one attached hydrogen (secondary N) is 1. The van der Waals surface area contributed by atoms with Crippen molar-refractivity contribution in [3.8, 4) is 17.2 Å². The lowest BCUT2D eigenvalue weighted by atomic mass is 10.2. The van der Waals surface area contributed by atoms with Crippen molar-refractivity contribution in [1.29, 1.82) is 0 Å². The second-order valence-corrected chi connectivity index (χ2v) is 3.72. The molecule has 0 spiro atoms. The van der Waals surface area contributed by atoms with Gasteiger partial charge in [-0.3, -0.25) is 0 Å². The molecule has 1 heterocycles. The Labute approximate surface area is 95.5 Å². The molecule has 4 nitrogen and oxygen atoms in total. The molecule has 88 valence electrons. The Morgan fingerprint density at radius 1 is 1.19 bits per heavy atom. The Kier molecular flexibility index (Phi) is 3.51. The number of hydrogen-bond acceptors (Lipinski definition) is 4. The van der Waals surface area contributed by atoms with Crippen molar-refractivity contribution < 1.29 is 14.2 Å². The summed E-state index contributed by atoms with van der Waals surface area (Å²) < 4.78 is 16.4. The molecule has 16 heavy (non-hydrogen) atoms. The smallest absolute Gasteiger partial charge is 0.203 e. The normalized spacial score (nSPS) is 19.5. The van der Waals surface area contributed by atoms with E-state index in [0.29, 0.717) is 11.5 Å². The predicted octanol–water partition coefficient (Wildman–Crippen LogP) is 1.44. The molecule has 1 unspecified atom stereocenters. The van der Waals surface area contributed by atoms with Gasteiger partial charge in [0.2, 0.25) is 5.75 Å². The van der Waals surface area contributed by atoms with Crippen molar-refractivity contribution >= 4 is 0 Å². The van der Waals surface area contributed by atoms with Crippen molar-refractivity contribution in [3.05, 3.63) is 18.2 Å². The molecule has 1 saturated heterocycles. The number of rotatable bonds is 4. The van der Waals surface area contributed by atoms with Gasteiger partial charge in [0.15, 0.2) is 11.5 Å². The Hall–Kier alpha value is -1.42. The molecule has 1 aliphatic heterocycles. The zero-order chi connectivity index (χ0) is 11.4. The van der Waals surface area contributed by atoms with Gasteiger partial charge in [-0.05, 0) is 25.1 Å². The van der Waals surface area contributed by atoms with Gasteiger partial charge in [-0.15, -0.1) is 0 Å². The molecule has 1 N–H and O–H groups in total. The first kappa shape index (κ1) is 11.1. The zero-order valence-electron chi connectivity index (χ0n) is 9.66. The summed E-state index contributed by atoms with van der Waals surface area (Å²) >= 11 is 0. The lowest BCUT2D eigenvalue weighted by Gasteiger charge is -2.16. The average molecular weight is 223 g/mol. The van der Waals surface area contributed by atoms with Gasteiger partial charge < -0.3 is 19.5 Å². The third-order valence-corrected chi connectivity index (χ3v) is 2.68. The first-order chi connectivity index (χ1) is 7.85. The van der Waals surface area contributed by atoms with Crippen molar-refractivity contribution in [3.63, 3.8) is 0 Å². The van der Waals surface area contributed by atoms with Gasteiger partial charge in [0, 0.05) is 6.54 Å². The molecule has 4 heteroatoms. The summed E-state index contributed by atoms with van der Waals surface area (Å²) in [4.78, 5) is 0. The maximum absolute atomic E-state index is 5.87. The first-order valence-electron chi connectivity index (χ1n) is 5.43. The van der Waals surface area contributed by atoms with Crippen molar-refractivity contribution in [2.24, 2.45) is 0 Å². The number of para-hydroxylation sites is 1. The number of benzene rings is 1. The Balaban J connectivity index is 2.18. The van der Waals surface area contributed by atoms with Gasteiger partial charge in [-0.25, -0.2) is 0 Å². The fourth-order valence-electron chi connectivity index (χ4n) is 1.86. The van der Waals surface area contributed by atoms with Crippen molar-refractivity contribution in [2.45, 2.75) is 12.5 Å². The molecule has 1 aliphatic rings. The Morgan fingerprint density at radius 2 is 2.00 bits per heavy atom. The van der Waals surface area contributed by atoms with Gasteiger partial charge in [-0.2, -0.15) is 0 Å². The predicted molar refractivity (Wildman–Crippen MR) is 61.4 cm³/mol. The summed E-state index contributed by atoms with van der Waals surface area (Å²) in [7, 11) is 3.25. The van der Waals surface area contributed by atoms with Crippen molar-refractivity contribution in [2.75, 3.05) is 27.3 Å². The van der Waals surface area contributed by atoms with Gasteiger partial charge >= 0.3 is 0 Å². The molecular formula is C12H17NO3. The molecule has 1 aromatic rings. The van der Waals surface area contributed by atoms with Crippen LogP contribution < -0.4 is 19.5 Å². The van der Waals surface area contributed by atoms with Gasteiger partial charge in [0.1, 0.15) is 6.10 Å². The van der Waals surface area contributed by atoms with Crippen LogP contribution in [-0.2, 0) is 0 Å². The van der Waals surface area contributed by atoms with Crippen LogP contribution in [0.5, 0.6) is 17.2 Å². The molecule has 0 radical (unpaired) electrons. The van der Waals surface area contributed by atoms with Crippen LogP contribution in [0.1, 0.15) is 6.42 Å². The standard InChI is InChI=1S/C12H17NO3/c1-14-10-4-3-5-11(12(10)15-2)16-9-6-7-13-8-9/h3-5,9,13H,6-8H2,1-2H3. The summed E-state index contributed by atoms with van der Waals surface area (Å²) in [5.74, 6) is 2.11. The molecule has 1 fully saturated rings. The fraction of sp³-hybridized carbons (Fsp3) is 0.500. The van der Waals surface area contributed by atoms with Crippen LogP contribution in [0.4, 0.5) is 0 Å². The Morgan fingerprint density at radius 3 is 2.62 bits per heavy atom. The lowest BCUT2D eigenvalue weighted by molar-refractivity contribution is 0.210. The monoisotopic (exact) mass is 223 g/mol. The molecule has 0 aromatic heterocycles. The van der Waals surface area contributed by atoms with E-state index in [4.69, 9.17) is 14.2 Å². The number of methoxy groups -OCH3 is 2. The highest BCUT2D eigenvalue weighted by Gasteiger charge is 2.19. The number of hydrogen-bond donors (Lipinski definition) is 1. The summed E-state index contributed by atoms with van der Waals surface area (Å²) in [6, 6.07) is 5.66. The van der Waals surface area contributed by atoms with E-state index in [0.717, 1.165) is 25.3 Å². The van der Waals surface area contributed by atoms with Crippen LogP contribution in [0, 0.1) is 0 Å². The highest BCUT2D eigenvalue weighted by atomic mass is 16.5. The van der Waals surface area contributed by atoms with E-state index in [9.17, 15) is 0 Å². The van der Waals surface area contributed by atoms with Gasteiger partial charge in [0.05, 0.1) is 14.2 Å². The van der Waals surface area contributed by atoms with Crippen LogP contribution in [-0.4, -0.2) is 33.4 Å². The van der Waals surface area contributed by atoms with E-state index in [-0.39, 0.29) is 6.10 Å². The molecular weight excluding hydrogens is 206 g/mol. The summed E-state index contributed by atoms with van der Waals surface area (Å²) in [6.45, 7) is 1.90. The zero-order valence-corrected chi connectivity index (χ0v) is 9.66. The largest absolute Gasteiger partial charge is 0.493 e. The molecule has 0 saturated carbocycles. The van der Waals surface area contributed by atoms with Crippen LogP contribution >= 0.6 is 0 Å². The topological polar surface area (TPSA) is 39.7 Å². The van der Waals surface area contributed by atoms with E-state index < -0.39 is 0 Å². The SMILES string of the molecule is COc1cccc(OC2CCNC2)c1OC. The molecule has 2 rings (SSSR count). The van der Waals surface area contributed by atoms with Crippen molar-refractivity contribution in [1.82, 2.24) is 5.32 Å². The van der Waals surface area contributed by atoms with E-state index >= 15 is 0 Å².